The summed E-state index contributed by atoms with van der Waals surface area (Å²) in [4.78, 5) is 9.97. The van der Waals surface area contributed by atoms with E-state index in [1.807, 2.05) is 0 Å². The van der Waals surface area contributed by atoms with Crippen LogP contribution in [0, 0.1) is 0 Å². The van der Waals surface area contributed by atoms with Gasteiger partial charge in [0.15, 0.2) is 6.61 Å². The second-order valence-electron chi connectivity index (χ2n) is 2.48. The van der Waals surface area contributed by atoms with Gasteiger partial charge in [0.05, 0.1) is 14.2 Å². The molecule has 1 aromatic rings. The SMILES string of the molecule is COc1cc(OC)cc(OC[C]=O)c1. The Morgan fingerprint density at radius 2 is 1.57 bits per heavy atom. The fourth-order valence-electron chi connectivity index (χ4n) is 0.977. The van der Waals surface area contributed by atoms with Gasteiger partial charge in [0.1, 0.15) is 17.2 Å². The Bertz CT molecular complexity index is 287. The summed E-state index contributed by atoms with van der Waals surface area (Å²) in [6, 6.07) is 5.05. The van der Waals surface area contributed by atoms with Crippen LogP contribution in [-0.4, -0.2) is 27.1 Å². The van der Waals surface area contributed by atoms with E-state index in [0.717, 1.165) is 0 Å². The molecule has 1 aromatic carbocycles. The monoisotopic (exact) mass is 195 g/mol. The van der Waals surface area contributed by atoms with Crippen LogP contribution >= 0.6 is 0 Å². The van der Waals surface area contributed by atoms with Crippen molar-refractivity contribution in [1.82, 2.24) is 0 Å². The zero-order chi connectivity index (χ0) is 10.4. The van der Waals surface area contributed by atoms with Gasteiger partial charge in [0.25, 0.3) is 0 Å². The molecule has 1 radical (unpaired) electrons. The Balaban J connectivity index is 2.86. The van der Waals surface area contributed by atoms with E-state index in [0.29, 0.717) is 17.2 Å². The molecule has 0 fully saturated rings. The second-order valence-corrected chi connectivity index (χ2v) is 2.48. The van der Waals surface area contributed by atoms with Crippen LogP contribution in [0.15, 0.2) is 18.2 Å². The highest BCUT2D eigenvalue weighted by Crippen LogP contribution is 2.27. The summed E-state index contributed by atoms with van der Waals surface area (Å²) >= 11 is 0. The van der Waals surface area contributed by atoms with Crippen molar-refractivity contribution in [3.05, 3.63) is 18.2 Å². The maximum Gasteiger partial charge on any atom is 0.239 e. The van der Waals surface area contributed by atoms with Gasteiger partial charge in [-0.1, -0.05) is 0 Å². The predicted octanol–water partition coefficient (Wildman–Crippen LogP) is 1.19. The molecule has 14 heavy (non-hydrogen) atoms. The molecule has 75 valence electrons. The van der Waals surface area contributed by atoms with E-state index in [2.05, 4.69) is 0 Å². The third-order valence-electron chi connectivity index (χ3n) is 1.62. The number of hydrogen-bond acceptors (Lipinski definition) is 4. The lowest BCUT2D eigenvalue weighted by Gasteiger charge is -2.07. The Hall–Kier alpha value is -1.71. The first kappa shape index (κ1) is 10.4. The first-order valence-corrected chi connectivity index (χ1v) is 4.01. The average molecular weight is 195 g/mol. The molecule has 0 atom stereocenters. The van der Waals surface area contributed by atoms with Gasteiger partial charge in [0, 0.05) is 18.2 Å². The number of methoxy groups -OCH3 is 2. The Morgan fingerprint density at radius 1 is 1.07 bits per heavy atom. The van der Waals surface area contributed by atoms with Crippen LogP contribution in [0.3, 0.4) is 0 Å². The third kappa shape index (κ3) is 2.65. The van der Waals surface area contributed by atoms with E-state index in [1.165, 1.54) is 0 Å². The normalized spacial score (nSPS) is 9.29. The third-order valence-corrected chi connectivity index (χ3v) is 1.62. The van der Waals surface area contributed by atoms with Crippen LogP contribution in [0.1, 0.15) is 0 Å². The topological polar surface area (TPSA) is 44.8 Å². The average Bonchev–Trinajstić information content (AvgIpc) is 2.25. The molecule has 4 nitrogen and oxygen atoms in total. The van der Waals surface area contributed by atoms with E-state index in [-0.39, 0.29) is 6.61 Å². The molecular formula is C10H11O4. The summed E-state index contributed by atoms with van der Waals surface area (Å²) in [6.45, 7) is -0.101. The second kappa shape index (κ2) is 5.11. The smallest absolute Gasteiger partial charge is 0.239 e. The molecule has 4 heteroatoms. The summed E-state index contributed by atoms with van der Waals surface area (Å²) in [5, 5.41) is 0. The summed E-state index contributed by atoms with van der Waals surface area (Å²) in [5.41, 5.74) is 0. The lowest BCUT2D eigenvalue weighted by Crippen LogP contribution is -1.98. The van der Waals surface area contributed by atoms with Crippen LogP contribution < -0.4 is 14.2 Å². The van der Waals surface area contributed by atoms with Gasteiger partial charge in [-0.25, -0.2) is 0 Å². The minimum absolute atomic E-state index is 0.101. The highest BCUT2D eigenvalue weighted by Gasteiger charge is 2.02. The van der Waals surface area contributed by atoms with E-state index >= 15 is 0 Å². The van der Waals surface area contributed by atoms with Crippen molar-refractivity contribution < 1.29 is 19.0 Å². The van der Waals surface area contributed by atoms with Crippen LogP contribution in [0.25, 0.3) is 0 Å². The number of carbonyl (C=O) groups excluding carboxylic acids is 1. The Kier molecular flexibility index (Phi) is 3.79. The van der Waals surface area contributed by atoms with Crippen LogP contribution in [0.2, 0.25) is 0 Å². The quantitative estimate of drug-likeness (QED) is 0.708. The summed E-state index contributed by atoms with van der Waals surface area (Å²) in [7, 11) is 3.09. The lowest BCUT2D eigenvalue weighted by molar-refractivity contribution is 0.350. The maximum absolute atomic E-state index is 9.97. The number of rotatable bonds is 5. The van der Waals surface area contributed by atoms with Crippen LogP contribution in [0.4, 0.5) is 0 Å². The van der Waals surface area contributed by atoms with Gasteiger partial charge >= 0.3 is 0 Å². The molecule has 0 unspecified atom stereocenters. The minimum Gasteiger partial charge on any atom is -0.496 e. The molecule has 0 aromatic heterocycles. The molecule has 0 aliphatic rings. The number of ether oxygens (including phenoxy) is 3. The van der Waals surface area contributed by atoms with Gasteiger partial charge in [-0.2, -0.15) is 0 Å². The van der Waals surface area contributed by atoms with Crippen molar-refractivity contribution in [2.45, 2.75) is 0 Å². The first-order valence-electron chi connectivity index (χ1n) is 4.01. The minimum atomic E-state index is -0.101. The first-order chi connectivity index (χ1) is 6.80. The maximum atomic E-state index is 9.97. The molecular weight excluding hydrogens is 184 g/mol. The summed E-state index contributed by atoms with van der Waals surface area (Å²) in [6.07, 6.45) is 1.64. The fourth-order valence-corrected chi connectivity index (χ4v) is 0.977. The molecule has 0 aliphatic heterocycles. The summed E-state index contributed by atoms with van der Waals surface area (Å²) < 4.78 is 15.1. The van der Waals surface area contributed by atoms with Crippen molar-refractivity contribution in [3.8, 4) is 17.2 Å². The van der Waals surface area contributed by atoms with E-state index in [1.54, 1.807) is 38.7 Å². The molecule has 0 bridgehead atoms. The molecule has 0 saturated heterocycles. The molecule has 0 saturated carbocycles. The van der Waals surface area contributed by atoms with Gasteiger partial charge in [-0.15, -0.1) is 0 Å². The Labute approximate surface area is 82.4 Å². The van der Waals surface area contributed by atoms with Crippen molar-refractivity contribution in [3.63, 3.8) is 0 Å². The zero-order valence-corrected chi connectivity index (χ0v) is 8.07. The predicted molar refractivity (Wildman–Crippen MR) is 50.7 cm³/mol. The molecule has 1 rings (SSSR count). The van der Waals surface area contributed by atoms with E-state index < -0.39 is 0 Å². The molecule has 0 aliphatic carbocycles. The fraction of sp³-hybridized carbons (Fsp3) is 0.300. The molecule has 0 amide bonds. The van der Waals surface area contributed by atoms with Gasteiger partial charge in [0.2, 0.25) is 6.29 Å². The van der Waals surface area contributed by atoms with Crippen LogP contribution in [-0.2, 0) is 4.79 Å². The highest BCUT2D eigenvalue weighted by molar-refractivity contribution is 5.53. The van der Waals surface area contributed by atoms with Gasteiger partial charge in [-0.3, -0.25) is 4.79 Å². The largest absolute Gasteiger partial charge is 0.496 e. The van der Waals surface area contributed by atoms with Crippen molar-refractivity contribution in [2.75, 3.05) is 20.8 Å². The number of benzene rings is 1. The van der Waals surface area contributed by atoms with Crippen molar-refractivity contribution in [2.24, 2.45) is 0 Å². The molecule has 0 heterocycles. The van der Waals surface area contributed by atoms with Crippen LogP contribution in [0.5, 0.6) is 17.2 Å². The van der Waals surface area contributed by atoms with Crippen molar-refractivity contribution >= 4 is 6.29 Å². The standard InChI is InChI=1S/C10H11O4/c1-12-8-5-9(13-2)7-10(6-8)14-4-3-11/h5-7H,4H2,1-2H3. The van der Waals surface area contributed by atoms with Gasteiger partial charge < -0.3 is 14.2 Å². The Morgan fingerprint density at radius 3 is 2.00 bits per heavy atom. The highest BCUT2D eigenvalue weighted by atomic mass is 16.5. The summed E-state index contributed by atoms with van der Waals surface area (Å²) in [5.74, 6) is 1.75. The number of hydrogen-bond donors (Lipinski definition) is 0. The van der Waals surface area contributed by atoms with E-state index in [9.17, 15) is 4.79 Å². The molecule has 0 N–H and O–H groups in total. The zero-order valence-electron chi connectivity index (χ0n) is 8.07. The van der Waals surface area contributed by atoms with Gasteiger partial charge in [-0.05, 0) is 0 Å². The van der Waals surface area contributed by atoms with Crippen molar-refractivity contribution in [1.29, 1.82) is 0 Å². The molecule has 0 spiro atoms. The van der Waals surface area contributed by atoms with E-state index in [4.69, 9.17) is 14.2 Å². The lowest BCUT2D eigenvalue weighted by atomic mass is 10.3.